The largest absolute Gasteiger partial charge is 0.292 e. The molecule has 4 heterocycles. The van der Waals surface area contributed by atoms with E-state index in [4.69, 9.17) is 5.10 Å². The van der Waals surface area contributed by atoms with E-state index >= 15 is 0 Å². The highest BCUT2D eigenvalue weighted by molar-refractivity contribution is 6.27. The molecule has 1 aromatic carbocycles. The van der Waals surface area contributed by atoms with E-state index in [1.54, 1.807) is 35.1 Å². The third kappa shape index (κ3) is 4.18. The monoisotopic (exact) mass is 478 g/mol. The van der Waals surface area contributed by atoms with Crippen molar-refractivity contribution in [2.24, 2.45) is 4.99 Å². The molecule has 0 saturated heterocycles. The normalized spacial score (nSPS) is 13.1. The smallest absolute Gasteiger partial charge is 0.259 e. The van der Waals surface area contributed by atoms with E-state index in [2.05, 4.69) is 26.3 Å². The van der Waals surface area contributed by atoms with Crippen LogP contribution in [0.15, 0.2) is 59.9 Å². The van der Waals surface area contributed by atoms with E-state index in [9.17, 15) is 14.9 Å². The SMILES string of the molecule is CCc1nn(Cc2cccc(C)n2)c2cc(C#N)cc(N3C(=O)CN=C3NC(=O)c3cccnc3)c12. The number of rotatable bonds is 5. The second kappa shape index (κ2) is 9.38. The molecule has 3 aromatic heterocycles. The van der Waals surface area contributed by atoms with Crippen molar-refractivity contribution in [3.63, 3.8) is 0 Å². The van der Waals surface area contributed by atoms with E-state index in [1.165, 1.54) is 11.1 Å². The summed E-state index contributed by atoms with van der Waals surface area (Å²) in [6, 6.07) is 14.6. The molecule has 1 aliphatic heterocycles. The second-order valence-corrected chi connectivity index (χ2v) is 8.29. The van der Waals surface area contributed by atoms with Crippen molar-refractivity contribution in [2.75, 3.05) is 11.4 Å². The summed E-state index contributed by atoms with van der Waals surface area (Å²) >= 11 is 0. The third-order valence-electron chi connectivity index (χ3n) is 5.84. The zero-order valence-electron chi connectivity index (χ0n) is 19.8. The number of amides is 2. The van der Waals surface area contributed by atoms with Crippen molar-refractivity contribution in [2.45, 2.75) is 26.8 Å². The van der Waals surface area contributed by atoms with Crippen LogP contribution in [0.4, 0.5) is 5.69 Å². The summed E-state index contributed by atoms with van der Waals surface area (Å²) in [4.78, 5) is 40.0. The van der Waals surface area contributed by atoms with Gasteiger partial charge in [0.15, 0.2) is 0 Å². The number of fused-ring (bicyclic) bond motifs is 1. The van der Waals surface area contributed by atoms with Gasteiger partial charge in [-0.05, 0) is 49.7 Å². The number of carbonyl (C=O) groups excluding carboxylic acids is 2. The van der Waals surface area contributed by atoms with Gasteiger partial charge < -0.3 is 0 Å². The number of nitrogens with zero attached hydrogens (tertiary/aromatic N) is 7. The Morgan fingerprint density at radius 1 is 1.22 bits per heavy atom. The van der Waals surface area contributed by atoms with Gasteiger partial charge in [-0.15, -0.1) is 0 Å². The van der Waals surface area contributed by atoms with E-state index in [0.717, 1.165) is 22.5 Å². The Hall–Kier alpha value is -4.91. The Morgan fingerprint density at radius 2 is 2.08 bits per heavy atom. The molecule has 0 atom stereocenters. The number of aromatic nitrogens is 4. The lowest BCUT2D eigenvalue weighted by Gasteiger charge is -2.20. The molecule has 2 amide bonds. The summed E-state index contributed by atoms with van der Waals surface area (Å²) in [5.74, 6) is -0.658. The molecule has 10 heteroatoms. The molecule has 0 spiro atoms. The van der Waals surface area contributed by atoms with E-state index in [-0.39, 0.29) is 18.4 Å². The average Bonchev–Trinajstić information content (AvgIpc) is 3.43. The molecule has 5 rings (SSSR count). The maximum absolute atomic E-state index is 13.0. The van der Waals surface area contributed by atoms with Crippen LogP contribution >= 0.6 is 0 Å². The summed E-state index contributed by atoms with van der Waals surface area (Å²) < 4.78 is 1.80. The highest BCUT2D eigenvalue weighted by atomic mass is 16.2. The second-order valence-electron chi connectivity index (χ2n) is 8.29. The number of pyridine rings is 2. The number of hydrogen-bond donors (Lipinski definition) is 1. The number of carbonyl (C=O) groups is 2. The van der Waals surface area contributed by atoms with Crippen molar-refractivity contribution < 1.29 is 9.59 Å². The van der Waals surface area contributed by atoms with Gasteiger partial charge in [0.1, 0.15) is 6.54 Å². The molecule has 178 valence electrons. The van der Waals surface area contributed by atoms with Crippen LogP contribution < -0.4 is 10.2 Å². The van der Waals surface area contributed by atoms with Gasteiger partial charge in [-0.1, -0.05) is 13.0 Å². The maximum atomic E-state index is 13.0. The van der Waals surface area contributed by atoms with Gasteiger partial charge in [0.05, 0.1) is 46.3 Å². The van der Waals surface area contributed by atoms with Gasteiger partial charge in [0, 0.05) is 23.5 Å². The van der Waals surface area contributed by atoms with E-state index in [1.807, 2.05) is 32.0 Å². The number of nitrogens with one attached hydrogen (secondary N) is 1. The first kappa shape index (κ1) is 22.9. The van der Waals surface area contributed by atoms with Crippen LogP contribution in [0.2, 0.25) is 0 Å². The van der Waals surface area contributed by atoms with Gasteiger partial charge in [-0.3, -0.25) is 29.6 Å². The zero-order valence-corrected chi connectivity index (χ0v) is 19.8. The summed E-state index contributed by atoms with van der Waals surface area (Å²) in [5, 5.41) is 18.0. The number of hydrogen-bond acceptors (Lipinski definition) is 7. The topological polar surface area (TPSA) is 129 Å². The Bertz CT molecular complexity index is 1570. The third-order valence-corrected chi connectivity index (χ3v) is 5.84. The number of anilines is 1. The molecular formula is C26H22N8O2. The summed E-state index contributed by atoms with van der Waals surface area (Å²) in [7, 11) is 0. The fourth-order valence-electron chi connectivity index (χ4n) is 4.23. The van der Waals surface area contributed by atoms with Crippen LogP contribution in [0.5, 0.6) is 0 Å². The lowest BCUT2D eigenvalue weighted by atomic mass is 10.1. The fourth-order valence-corrected chi connectivity index (χ4v) is 4.23. The first-order chi connectivity index (χ1) is 17.5. The van der Waals surface area contributed by atoms with Crippen LogP contribution in [-0.2, 0) is 17.8 Å². The predicted octanol–water partition coefficient (Wildman–Crippen LogP) is 2.75. The van der Waals surface area contributed by atoms with Gasteiger partial charge in [0.2, 0.25) is 5.96 Å². The van der Waals surface area contributed by atoms with Crippen molar-refractivity contribution in [3.8, 4) is 6.07 Å². The molecule has 0 unspecified atom stereocenters. The van der Waals surface area contributed by atoms with Gasteiger partial charge in [0.25, 0.3) is 11.8 Å². The summed E-state index contributed by atoms with van der Waals surface area (Å²) in [6.45, 7) is 4.18. The van der Waals surface area contributed by atoms with Crippen LogP contribution in [0.1, 0.15) is 39.9 Å². The number of aryl methyl sites for hydroxylation is 2. The molecule has 0 fully saturated rings. The molecule has 10 nitrogen and oxygen atoms in total. The van der Waals surface area contributed by atoms with Crippen molar-refractivity contribution >= 4 is 34.4 Å². The Balaban J connectivity index is 1.60. The minimum Gasteiger partial charge on any atom is -0.292 e. The minimum atomic E-state index is -0.439. The number of nitriles is 1. The molecule has 4 aromatic rings. The van der Waals surface area contributed by atoms with Crippen molar-refractivity contribution in [1.29, 1.82) is 5.26 Å². The quantitative estimate of drug-likeness (QED) is 0.470. The number of guanidine groups is 1. The van der Waals surface area contributed by atoms with Gasteiger partial charge >= 0.3 is 0 Å². The van der Waals surface area contributed by atoms with Gasteiger partial charge in [-0.2, -0.15) is 10.4 Å². The average molecular weight is 479 g/mol. The predicted molar refractivity (Wildman–Crippen MR) is 133 cm³/mol. The van der Waals surface area contributed by atoms with Crippen molar-refractivity contribution in [3.05, 3.63) is 83.1 Å². The van der Waals surface area contributed by atoms with E-state index < -0.39 is 5.91 Å². The molecule has 0 saturated carbocycles. The molecule has 1 N–H and O–H groups in total. The minimum absolute atomic E-state index is 0.0976. The lowest BCUT2D eigenvalue weighted by Crippen LogP contribution is -2.44. The Morgan fingerprint density at radius 3 is 2.81 bits per heavy atom. The molecule has 0 radical (unpaired) electrons. The molecule has 1 aliphatic rings. The van der Waals surface area contributed by atoms with Crippen LogP contribution in [0.25, 0.3) is 10.9 Å². The molecular weight excluding hydrogens is 456 g/mol. The van der Waals surface area contributed by atoms with E-state index in [0.29, 0.717) is 35.3 Å². The number of aliphatic imine (C=N–C) groups is 1. The van der Waals surface area contributed by atoms with Crippen molar-refractivity contribution in [1.82, 2.24) is 25.1 Å². The van der Waals surface area contributed by atoms with Gasteiger partial charge in [-0.25, -0.2) is 9.89 Å². The molecule has 36 heavy (non-hydrogen) atoms. The number of benzene rings is 1. The van der Waals surface area contributed by atoms with Crippen LogP contribution in [0, 0.1) is 18.3 Å². The molecule has 0 bridgehead atoms. The van der Waals surface area contributed by atoms with Crippen LogP contribution in [0.3, 0.4) is 0 Å². The highest BCUT2D eigenvalue weighted by Crippen LogP contribution is 2.34. The first-order valence-electron chi connectivity index (χ1n) is 11.4. The van der Waals surface area contributed by atoms with Crippen LogP contribution in [-0.4, -0.2) is 44.1 Å². The highest BCUT2D eigenvalue weighted by Gasteiger charge is 2.32. The Kier molecular flexibility index (Phi) is 5.96. The Labute approximate surface area is 206 Å². The molecule has 0 aliphatic carbocycles. The zero-order chi connectivity index (χ0) is 25.2. The maximum Gasteiger partial charge on any atom is 0.259 e. The fraction of sp³-hybridized carbons (Fsp3) is 0.192. The lowest BCUT2D eigenvalue weighted by molar-refractivity contribution is -0.115. The standard InChI is InChI=1S/C26H22N8O2/c1-3-20-24-21(33(32-20)15-19-8-4-6-16(2)30-19)10-17(12-27)11-22(24)34-23(35)14-29-26(34)31-25(36)18-7-5-9-28-13-18/h4-11,13H,3,14-15H2,1-2H3,(H,29,31,36). The first-order valence-corrected chi connectivity index (χ1v) is 11.4. The summed E-state index contributed by atoms with van der Waals surface area (Å²) in [6.07, 6.45) is 3.60. The summed E-state index contributed by atoms with van der Waals surface area (Å²) in [5.41, 5.74) is 4.33.